The molecule has 2 atom stereocenters. The number of carbonyl (C=O) groups excluding carboxylic acids is 1. The van der Waals surface area contributed by atoms with Gasteiger partial charge in [-0.1, -0.05) is 32.9 Å². The van der Waals surface area contributed by atoms with Crippen LogP contribution in [0.3, 0.4) is 0 Å². The second kappa shape index (κ2) is 2.71. The third-order valence-corrected chi connectivity index (χ3v) is 4.18. The Bertz CT molecular complexity index is 295. The molecule has 1 spiro atoms. The van der Waals surface area contributed by atoms with E-state index in [1.54, 1.807) is 0 Å². The van der Waals surface area contributed by atoms with E-state index >= 15 is 0 Å². The zero-order chi connectivity index (χ0) is 10.6. The van der Waals surface area contributed by atoms with Crippen LogP contribution >= 0.6 is 0 Å². The van der Waals surface area contributed by atoms with Crippen molar-refractivity contribution in [1.29, 1.82) is 0 Å². The average Bonchev–Trinajstić information content (AvgIpc) is 2.67. The molecule has 2 aliphatic carbocycles. The number of ketones is 1. The third-order valence-electron chi connectivity index (χ3n) is 4.18. The van der Waals surface area contributed by atoms with Crippen molar-refractivity contribution in [2.75, 3.05) is 0 Å². The lowest BCUT2D eigenvalue weighted by Crippen LogP contribution is -2.33. The zero-order valence-electron chi connectivity index (χ0n) is 9.52. The van der Waals surface area contributed by atoms with Gasteiger partial charge >= 0.3 is 0 Å². The van der Waals surface area contributed by atoms with E-state index in [1.165, 1.54) is 12.0 Å². The summed E-state index contributed by atoms with van der Waals surface area (Å²) in [6.07, 6.45) is 4.02. The summed E-state index contributed by atoms with van der Waals surface area (Å²) < 4.78 is 0. The highest BCUT2D eigenvalue weighted by atomic mass is 16.1. The molecule has 0 bridgehead atoms. The predicted molar refractivity (Wildman–Crippen MR) is 58.0 cm³/mol. The van der Waals surface area contributed by atoms with Gasteiger partial charge in [0.25, 0.3) is 0 Å². The maximum atomic E-state index is 12.0. The Morgan fingerprint density at radius 3 is 2.36 bits per heavy atom. The minimum absolute atomic E-state index is 0.0399. The number of hydrogen-bond acceptors (Lipinski definition) is 1. The van der Waals surface area contributed by atoms with Crippen LogP contribution in [0.1, 0.15) is 46.5 Å². The van der Waals surface area contributed by atoms with E-state index in [1.807, 2.05) is 0 Å². The van der Waals surface area contributed by atoms with Crippen LogP contribution in [-0.2, 0) is 4.79 Å². The first-order valence-corrected chi connectivity index (χ1v) is 5.58. The van der Waals surface area contributed by atoms with Crippen molar-refractivity contribution < 1.29 is 4.79 Å². The molecule has 0 heterocycles. The second-order valence-corrected chi connectivity index (χ2v) is 6.09. The largest absolute Gasteiger partial charge is 0.299 e. The van der Waals surface area contributed by atoms with E-state index in [4.69, 9.17) is 0 Å². The Kier molecular flexibility index (Phi) is 1.93. The molecule has 0 aromatic rings. The van der Waals surface area contributed by atoms with Crippen LogP contribution in [0, 0.1) is 16.7 Å². The molecule has 0 N–H and O–H groups in total. The van der Waals surface area contributed by atoms with Crippen molar-refractivity contribution in [1.82, 2.24) is 0 Å². The minimum Gasteiger partial charge on any atom is -0.299 e. The molecular formula is C13H20O. The van der Waals surface area contributed by atoms with E-state index < -0.39 is 0 Å². The summed E-state index contributed by atoms with van der Waals surface area (Å²) in [6, 6.07) is 0. The first-order chi connectivity index (χ1) is 6.36. The molecule has 1 heteroatoms. The van der Waals surface area contributed by atoms with E-state index in [0.717, 1.165) is 19.3 Å². The van der Waals surface area contributed by atoms with Gasteiger partial charge in [0, 0.05) is 6.42 Å². The van der Waals surface area contributed by atoms with Crippen molar-refractivity contribution in [3.63, 3.8) is 0 Å². The van der Waals surface area contributed by atoms with Gasteiger partial charge in [-0.3, -0.25) is 4.79 Å². The highest BCUT2D eigenvalue weighted by molar-refractivity contribution is 5.93. The lowest BCUT2D eigenvalue weighted by Gasteiger charge is -2.36. The van der Waals surface area contributed by atoms with Gasteiger partial charge in [-0.2, -0.15) is 0 Å². The molecule has 14 heavy (non-hydrogen) atoms. The average molecular weight is 192 g/mol. The van der Waals surface area contributed by atoms with Crippen LogP contribution in [0.25, 0.3) is 0 Å². The predicted octanol–water partition coefficient (Wildman–Crippen LogP) is 3.35. The third kappa shape index (κ3) is 1.34. The molecule has 0 aromatic heterocycles. The summed E-state index contributed by atoms with van der Waals surface area (Å²) in [4.78, 5) is 12.0. The fourth-order valence-corrected chi connectivity index (χ4v) is 2.70. The maximum Gasteiger partial charge on any atom is 0.143 e. The van der Waals surface area contributed by atoms with Gasteiger partial charge < -0.3 is 0 Å². The molecule has 2 aliphatic rings. The Morgan fingerprint density at radius 2 is 2.00 bits per heavy atom. The van der Waals surface area contributed by atoms with Gasteiger partial charge in [0.1, 0.15) is 5.78 Å². The number of allylic oxidation sites excluding steroid dienone is 1. The number of rotatable bonds is 0. The van der Waals surface area contributed by atoms with Gasteiger partial charge in [0.15, 0.2) is 0 Å². The number of Topliss-reactive ketones (excluding diaryl/α,β-unsaturated/α-hetero) is 1. The Hall–Kier alpha value is -0.590. The van der Waals surface area contributed by atoms with Crippen LogP contribution in [0.15, 0.2) is 12.2 Å². The highest BCUT2D eigenvalue weighted by Gasteiger charge is 2.56. The maximum absolute atomic E-state index is 12.0. The molecule has 2 fully saturated rings. The van der Waals surface area contributed by atoms with E-state index in [0.29, 0.717) is 11.7 Å². The Labute approximate surface area is 86.6 Å². The van der Waals surface area contributed by atoms with Crippen LogP contribution < -0.4 is 0 Å². The molecular weight excluding hydrogens is 172 g/mol. The van der Waals surface area contributed by atoms with Crippen molar-refractivity contribution in [2.24, 2.45) is 16.7 Å². The quantitative estimate of drug-likeness (QED) is 0.538. The molecule has 2 saturated carbocycles. The molecule has 1 nitrogen and oxygen atoms in total. The fourth-order valence-electron chi connectivity index (χ4n) is 2.70. The van der Waals surface area contributed by atoms with Crippen molar-refractivity contribution in [2.45, 2.75) is 46.5 Å². The van der Waals surface area contributed by atoms with Gasteiger partial charge in [0.05, 0.1) is 5.41 Å². The van der Waals surface area contributed by atoms with E-state index in [2.05, 4.69) is 27.4 Å². The molecule has 0 amide bonds. The molecule has 1 unspecified atom stereocenters. The number of carbonyl (C=O) groups is 1. The first-order valence-electron chi connectivity index (χ1n) is 5.58. The Balaban J connectivity index is 2.08. The van der Waals surface area contributed by atoms with Crippen molar-refractivity contribution >= 4 is 5.78 Å². The summed E-state index contributed by atoms with van der Waals surface area (Å²) in [7, 11) is 0. The van der Waals surface area contributed by atoms with Crippen molar-refractivity contribution in [3.05, 3.63) is 12.2 Å². The minimum atomic E-state index is -0.0399. The number of hydrogen-bond donors (Lipinski definition) is 0. The van der Waals surface area contributed by atoms with Gasteiger partial charge in [0.2, 0.25) is 0 Å². The molecule has 78 valence electrons. The molecule has 0 aliphatic heterocycles. The SMILES string of the molecule is C=C1C[C@@]12CCC(C(C)(C)C)CC2=O. The van der Waals surface area contributed by atoms with Crippen LogP contribution in [0.4, 0.5) is 0 Å². The van der Waals surface area contributed by atoms with Crippen LogP contribution in [0.5, 0.6) is 0 Å². The summed E-state index contributed by atoms with van der Waals surface area (Å²) in [5.41, 5.74) is 1.43. The summed E-state index contributed by atoms with van der Waals surface area (Å²) in [5.74, 6) is 1.04. The smallest absolute Gasteiger partial charge is 0.143 e. The van der Waals surface area contributed by atoms with Crippen molar-refractivity contribution in [3.8, 4) is 0 Å². The molecule has 2 rings (SSSR count). The van der Waals surface area contributed by atoms with Gasteiger partial charge in [-0.15, -0.1) is 0 Å². The first kappa shape index (κ1) is 9.95. The molecule has 0 saturated heterocycles. The Morgan fingerprint density at radius 1 is 1.43 bits per heavy atom. The molecule has 0 radical (unpaired) electrons. The van der Waals surface area contributed by atoms with Gasteiger partial charge in [-0.25, -0.2) is 0 Å². The summed E-state index contributed by atoms with van der Waals surface area (Å²) in [5, 5.41) is 0. The van der Waals surface area contributed by atoms with Gasteiger partial charge in [-0.05, 0) is 30.6 Å². The van der Waals surface area contributed by atoms with E-state index in [-0.39, 0.29) is 10.8 Å². The fraction of sp³-hybridized carbons (Fsp3) is 0.769. The van der Waals surface area contributed by atoms with Crippen LogP contribution in [-0.4, -0.2) is 5.78 Å². The zero-order valence-corrected chi connectivity index (χ0v) is 9.52. The monoisotopic (exact) mass is 192 g/mol. The lowest BCUT2D eigenvalue weighted by molar-refractivity contribution is -0.128. The normalized spacial score (nSPS) is 37.8. The standard InChI is InChI=1S/C13H20O/c1-9-8-13(9)6-5-10(7-11(13)14)12(2,3)4/h10H,1,5-8H2,2-4H3/t10?,13-/m0/s1. The van der Waals surface area contributed by atoms with Crippen LogP contribution in [0.2, 0.25) is 0 Å². The summed E-state index contributed by atoms with van der Waals surface area (Å²) >= 11 is 0. The topological polar surface area (TPSA) is 17.1 Å². The second-order valence-electron chi connectivity index (χ2n) is 6.09. The highest BCUT2D eigenvalue weighted by Crippen LogP contribution is 2.60. The van der Waals surface area contributed by atoms with E-state index in [9.17, 15) is 4.79 Å². The summed E-state index contributed by atoms with van der Waals surface area (Å²) in [6.45, 7) is 10.7. The lowest BCUT2D eigenvalue weighted by atomic mass is 9.68. The molecule has 0 aromatic carbocycles.